The molecule has 6 heteroatoms. The van der Waals surface area contributed by atoms with Gasteiger partial charge in [0.15, 0.2) is 0 Å². The molecule has 0 N–H and O–H groups in total. The number of hydrogen-bond acceptors (Lipinski definition) is 4. The zero-order valence-electron chi connectivity index (χ0n) is 14.6. The molecule has 2 fully saturated rings. The first-order valence-corrected chi connectivity index (χ1v) is 8.95. The summed E-state index contributed by atoms with van der Waals surface area (Å²) in [7, 11) is 1.38. The largest absolute Gasteiger partial charge is 0.467 e. The maximum absolute atomic E-state index is 12.9. The molecule has 1 heterocycles. The normalized spacial score (nSPS) is 30.2. The Bertz CT molecular complexity index is 462. The van der Waals surface area contributed by atoms with E-state index in [0.29, 0.717) is 31.1 Å². The molecular formula is C17H28ClNO4. The van der Waals surface area contributed by atoms with E-state index in [9.17, 15) is 9.59 Å². The summed E-state index contributed by atoms with van der Waals surface area (Å²) in [6.07, 6.45) is 4.48. The highest BCUT2D eigenvalue weighted by molar-refractivity contribution is 6.17. The van der Waals surface area contributed by atoms with Crippen LogP contribution in [-0.4, -0.2) is 47.1 Å². The summed E-state index contributed by atoms with van der Waals surface area (Å²) < 4.78 is 10.7. The topological polar surface area (TPSA) is 55.8 Å². The van der Waals surface area contributed by atoms with Crippen LogP contribution in [0.2, 0.25) is 0 Å². The zero-order chi connectivity index (χ0) is 17.3. The lowest BCUT2D eigenvalue weighted by atomic mass is 9.87. The highest BCUT2D eigenvalue weighted by atomic mass is 35.5. The number of likely N-dealkylation sites (tertiary alicyclic amines) is 1. The van der Waals surface area contributed by atoms with Gasteiger partial charge in [0.05, 0.1) is 7.11 Å². The average molecular weight is 346 g/mol. The lowest BCUT2D eigenvalue weighted by Crippen LogP contribution is -2.57. The van der Waals surface area contributed by atoms with Gasteiger partial charge in [-0.15, -0.1) is 11.6 Å². The lowest BCUT2D eigenvalue weighted by Gasteiger charge is -2.39. The van der Waals surface area contributed by atoms with Crippen LogP contribution in [0.5, 0.6) is 0 Å². The van der Waals surface area contributed by atoms with Crippen LogP contribution >= 0.6 is 11.6 Å². The summed E-state index contributed by atoms with van der Waals surface area (Å²) >= 11 is 5.86. The Hall–Kier alpha value is -0.970. The van der Waals surface area contributed by atoms with E-state index >= 15 is 0 Å². The van der Waals surface area contributed by atoms with Gasteiger partial charge in [0.2, 0.25) is 0 Å². The van der Waals surface area contributed by atoms with Gasteiger partial charge in [-0.1, -0.05) is 6.42 Å². The average Bonchev–Trinajstić information content (AvgIpc) is 3.00. The third-order valence-corrected chi connectivity index (χ3v) is 5.16. The van der Waals surface area contributed by atoms with Gasteiger partial charge in [0.25, 0.3) is 0 Å². The van der Waals surface area contributed by atoms with Crippen molar-refractivity contribution < 1.29 is 19.1 Å². The second kappa shape index (κ2) is 6.88. The van der Waals surface area contributed by atoms with E-state index in [1.807, 2.05) is 20.8 Å². The molecule has 0 spiro atoms. The first-order valence-electron chi connectivity index (χ1n) is 8.42. The van der Waals surface area contributed by atoms with Crippen molar-refractivity contribution in [2.45, 2.75) is 76.5 Å². The van der Waals surface area contributed by atoms with Gasteiger partial charge in [-0.25, -0.2) is 9.59 Å². The molecule has 1 amide bonds. The maximum atomic E-state index is 12.9. The number of ether oxygens (including phenoxy) is 2. The van der Waals surface area contributed by atoms with Crippen molar-refractivity contribution in [3.63, 3.8) is 0 Å². The fraction of sp³-hybridized carbons (Fsp3) is 0.882. The van der Waals surface area contributed by atoms with Crippen LogP contribution in [0.3, 0.4) is 0 Å². The fourth-order valence-electron chi connectivity index (χ4n) is 4.12. The minimum atomic E-state index is -0.929. The monoisotopic (exact) mass is 345 g/mol. The predicted octanol–water partition coefficient (Wildman–Crippen LogP) is 3.73. The van der Waals surface area contributed by atoms with Gasteiger partial charge >= 0.3 is 12.1 Å². The van der Waals surface area contributed by atoms with Crippen LogP contribution in [0.15, 0.2) is 0 Å². The molecule has 0 aromatic heterocycles. The number of hydrogen-bond donors (Lipinski definition) is 0. The van der Waals surface area contributed by atoms with E-state index in [4.69, 9.17) is 21.1 Å². The Balaban J connectivity index is 2.36. The number of carbonyl (C=O) groups is 2. The summed E-state index contributed by atoms with van der Waals surface area (Å²) in [5, 5.41) is 0. The van der Waals surface area contributed by atoms with Crippen molar-refractivity contribution >= 4 is 23.7 Å². The van der Waals surface area contributed by atoms with Crippen molar-refractivity contribution in [1.82, 2.24) is 4.90 Å². The molecule has 23 heavy (non-hydrogen) atoms. The first kappa shape index (κ1) is 18.4. The minimum absolute atomic E-state index is 0.0688. The van der Waals surface area contributed by atoms with E-state index in [0.717, 1.165) is 19.3 Å². The third-order valence-electron chi connectivity index (χ3n) is 4.89. The van der Waals surface area contributed by atoms with Gasteiger partial charge in [-0.2, -0.15) is 0 Å². The number of methoxy groups -OCH3 is 1. The fourth-order valence-corrected chi connectivity index (χ4v) is 4.26. The number of carbonyl (C=O) groups excluding carboxylic acids is 2. The van der Waals surface area contributed by atoms with Crippen LogP contribution in [-0.2, 0) is 14.3 Å². The lowest BCUT2D eigenvalue weighted by molar-refractivity contribution is -0.154. The third kappa shape index (κ3) is 3.59. The molecular weight excluding hydrogens is 318 g/mol. The summed E-state index contributed by atoms with van der Waals surface area (Å²) in [5.74, 6) is 0.454. The molecule has 0 bridgehead atoms. The number of halogens is 1. The molecule has 2 aliphatic rings. The van der Waals surface area contributed by atoms with E-state index in [1.165, 1.54) is 7.11 Å². The van der Waals surface area contributed by atoms with Crippen molar-refractivity contribution in [3.05, 3.63) is 0 Å². The van der Waals surface area contributed by atoms with Crippen LogP contribution in [0.25, 0.3) is 0 Å². The molecule has 0 unspecified atom stereocenters. The van der Waals surface area contributed by atoms with E-state index < -0.39 is 17.2 Å². The molecule has 1 saturated heterocycles. The van der Waals surface area contributed by atoms with Gasteiger partial charge in [0.1, 0.15) is 11.1 Å². The van der Waals surface area contributed by atoms with Gasteiger partial charge < -0.3 is 9.47 Å². The molecule has 0 radical (unpaired) electrons. The second-order valence-electron chi connectivity index (χ2n) is 7.63. The smallest absolute Gasteiger partial charge is 0.411 e. The van der Waals surface area contributed by atoms with Crippen LogP contribution in [0.4, 0.5) is 4.79 Å². The number of nitrogens with zero attached hydrogens (tertiary/aromatic N) is 1. The molecule has 1 saturated carbocycles. The Morgan fingerprint density at radius 2 is 2.00 bits per heavy atom. The highest BCUT2D eigenvalue weighted by Crippen LogP contribution is 2.49. The minimum Gasteiger partial charge on any atom is -0.467 e. The number of esters is 1. The molecule has 1 aliphatic carbocycles. The van der Waals surface area contributed by atoms with Crippen LogP contribution in [0.1, 0.15) is 59.3 Å². The number of rotatable bonds is 4. The number of alkyl halides is 1. The summed E-state index contributed by atoms with van der Waals surface area (Å²) in [6.45, 7) is 5.52. The SMILES string of the molecule is COC(=O)[C@@]1(CCCCl)C[C@@H]2CCC[C@@H]2N1C(=O)OC(C)(C)C. The quantitative estimate of drug-likeness (QED) is 0.575. The first-order chi connectivity index (χ1) is 10.7. The molecule has 1 aliphatic heterocycles. The van der Waals surface area contributed by atoms with Crippen LogP contribution in [0, 0.1) is 5.92 Å². The second-order valence-corrected chi connectivity index (χ2v) is 8.01. The maximum Gasteiger partial charge on any atom is 0.411 e. The summed E-state index contributed by atoms with van der Waals surface area (Å²) in [6, 6.07) is 0.0688. The number of fused-ring (bicyclic) bond motifs is 1. The molecule has 2 rings (SSSR count). The summed E-state index contributed by atoms with van der Waals surface area (Å²) in [5.41, 5.74) is -1.52. The Kier molecular flexibility index (Phi) is 5.49. The Morgan fingerprint density at radius 1 is 1.30 bits per heavy atom. The van der Waals surface area contributed by atoms with Crippen LogP contribution < -0.4 is 0 Å². The highest BCUT2D eigenvalue weighted by Gasteiger charge is 2.60. The van der Waals surface area contributed by atoms with E-state index in [2.05, 4.69) is 0 Å². The standard InChI is InChI=1S/C17H28ClNO4/c1-16(2,3)23-15(21)19-13-8-5-7-12(13)11-17(19,9-6-10-18)14(20)22-4/h12-13H,5-11H2,1-4H3/t12-,13-,17+/m0/s1. The van der Waals surface area contributed by atoms with Gasteiger partial charge in [-0.05, 0) is 58.8 Å². The van der Waals surface area contributed by atoms with Gasteiger partial charge in [-0.3, -0.25) is 4.90 Å². The predicted molar refractivity (Wildman–Crippen MR) is 88.5 cm³/mol. The Labute approximate surface area is 143 Å². The molecule has 3 atom stereocenters. The van der Waals surface area contributed by atoms with E-state index in [-0.39, 0.29) is 12.0 Å². The molecule has 0 aromatic carbocycles. The van der Waals surface area contributed by atoms with Crippen molar-refractivity contribution in [3.8, 4) is 0 Å². The molecule has 5 nitrogen and oxygen atoms in total. The Morgan fingerprint density at radius 3 is 2.57 bits per heavy atom. The summed E-state index contributed by atoms with van der Waals surface area (Å²) in [4.78, 5) is 27.2. The zero-order valence-corrected chi connectivity index (χ0v) is 15.3. The van der Waals surface area contributed by atoms with E-state index in [1.54, 1.807) is 4.90 Å². The van der Waals surface area contributed by atoms with Crippen molar-refractivity contribution in [1.29, 1.82) is 0 Å². The molecule has 0 aromatic rings. The van der Waals surface area contributed by atoms with Crippen molar-refractivity contribution in [2.75, 3.05) is 13.0 Å². The van der Waals surface area contributed by atoms with Gasteiger partial charge in [0, 0.05) is 11.9 Å². The number of amides is 1. The van der Waals surface area contributed by atoms with Crippen molar-refractivity contribution in [2.24, 2.45) is 5.92 Å². The molecule has 132 valence electrons.